The third-order valence-electron chi connectivity index (χ3n) is 3.33. The van der Waals surface area contributed by atoms with Gasteiger partial charge in [-0.25, -0.2) is 18.1 Å². The lowest BCUT2D eigenvalue weighted by molar-refractivity contribution is 0.462. The molecule has 128 valence electrons. The first-order chi connectivity index (χ1) is 12.0. The quantitative estimate of drug-likeness (QED) is 0.708. The van der Waals surface area contributed by atoms with Crippen LogP contribution in [0, 0.1) is 0 Å². The van der Waals surface area contributed by atoms with E-state index in [9.17, 15) is 8.42 Å². The minimum atomic E-state index is -3.64. The smallest absolute Gasteiger partial charge is 0.240 e. The number of nitrogens with zero attached hydrogens (tertiary/aromatic N) is 1. The summed E-state index contributed by atoms with van der Waals surface area (Å²) in [5.41, 5.74) is 0.763. The van der Waals surface area contributed by atoms with Crippen molar-refractivity contribution in [2.24, 2.45) is 0 Å². The Morgan fingerprint density at radius 1 is 1.00 bits per heavy atom. The second-order valence-electron chi connectivity index (χ2n) is 5.20. The molecule has 1 N–H and O–H groups in total. The molecule has 0 saturated carbocycles. The van der Waals surface area contributed by atoms with Gasteiger partial charge in [-0.05, 0) is 42.0 Å². The van der Waals surface area contributed by atoms with Crippen LogP contribution in [0.3, 0.4) is 0 Å². The molecule has 0 saturated heterocycles. The molecule has 0 bridgehead atoms. The van der Waals surface area contributed by atoms with Crippen LogP contribution in [-0.2, 0) is 16.6 Å². The standard InChI is InChI=1S/C18H15ClN2O3S/c19-15-6-4-8-17(12-15)25(22,23)21-13-14-5-3-7-16(11-14)24-18-9-1-2-10-20-18/h1-12,21H,13H2. The molecule has 0 aliphatic carbocycles. The average Bonchev–Trinajstić information content (AvgIpc) is 2.61. The fourth-order valence-corrected chi connectivity index (χ4v) is 3.46. The Kier molecular flexibility index (Phi) is 5.33. The van der Waals surface area contributed by atoms with Gasteiger partial charge in [-0.2, -0.15) is 0 Å². The van der Waals surface area contributed by atoms with Crippen LogP contribution in [0.2, 0.25) is 5.02 Å². The molecule has 1 aromatic heterocycles. The average molecular weight is 375 g/mol. The van der Waals surface area contributed by atoms with Crippen molar-refractivity contribution < 1.29 is 13.2 Å². The van der Waals surface area contributed by atoms with Crippen LogP contribution >= 0.6 is 11.6 Å². The Morgan fingerprint density at radius 2 is 1.84 bits per heavy atom. The largest absolute Gasteiger partial charge is 0.439 e. The van der Waals surface area contributed by atoms with Crippen LogP contribution < -0.4 is 9.46 Å². The number of benzene rings is 2. The number of pyridine rings is 1. The molecule has 0 aliphatic heterocycles. The van der Waals surface area contributed by atoms with Crippen LogP contribution in [0.25, 0.3) is 0 Å². The van der Waals surface area contributed by atoms with Crippen molar-refractivity contribution in [3.05, 3.63) is 83.5 Å². The number of sulfonamides is 1. The van der Waals surface area contributed by atoms with E-state index < -0.39 is 10.0 Å². The van der Waals surface area contributed by atoms with Gasteiger partial charge in [0.2, 0.25) is 15.9 Å². The van der Waals surface area contributed by atoms with Crippen molar-refractivity contribution >= 4 is 21.6 Å². The predicted octanol–water partition coefficient (Wildman–Crippen LogP) is 4.01. The Morgan fingerprint density at radius 3 is 2.60 bits per heavy atom. The molecule has 0 aliphatic rings. The van der Waals surface area contributed by atoms with E-state index in [-0.39, 0.29) is 11.4 Å². The van der Waals surface area contributed by atoms with Gasteiger partial charge in [0, 0.05) is 23.8 Å². The first-order valence-corrected chi connectivity index (χ1v) is 9.32. The van der Waals surface area contributed by atoms with E-state index in [1.165, 1.54) is 12.1 Å². The maximum atomic E-state index is 12.3. The summed E-state index contributed by atoms with van der Waals surface area (Å²) in [5.74, 6) is 1.05. The van der Waals surface area contributed by atoms with Crippen molar-refractivity contribution in [2.45, 2.75) is 11.4 Å². The number of nitrogens with one attached hydrogen (secondary N) is 1. The summed E-state index contributed by atoms with van der Waals surface area (Å²) < 4.78 is 32.8. The fourth-order valence-electron chi connectivity index (χ4n) is 2.14. The van der Waals surface area contributed by atoms with Gasteiger partial charge < -0.3 is 4.74 Å². The number of rotatable bonds is 6. The molecule has 5 nitrogen and oxygen atoms in total. The molecule has 3 rings (SSSR count). The summed E-state index contributed by atoms with van der Waals surface area (Å²) in [6.07, 6.45) is 1.64. The van der Waals surface area contributed by atoms with Gasteiger partial charge >= 0.3 is 0 Å². The maximum absolute atomic E-state index is 12.3. The van der Waals surface area contributed by atoms with Gasteiger partial charge in [0.25, 0.3) is 0 Å². The summed E-state index contributed by atoms with van der Waals surface area (Å²) in [5, 5.41) is 0.369. The molecule has 0 fully saturated rings. The lowest BCUT2D eigenvalue weighted by Gasteiger charge is -2.09. The molecule has 0 radical (unpaired) electrons. The molecule has 0 amide bonds. The van der Waals surface area contributed by atoms with E-state index in [2.05, 4.69) is 9.71 Å². The molecule has 25 heavy (non-hydrogen) atoms. The number of halogens is 1. The molecule has 7 heteroatoms. The normalized spacial score (nSPS) is 11.2. The first kappa shape index (κ1) is 17.4. The Labute approximate surface area is 151 Å². The zero-order chi connectivity index (χ0) is 17.7. The lowest BCUT2D eigenvalue weighted by Crippen LogP contribution is -2.23. The van der Waals surface area contributed by atoms with Crippen molar-refractivity contribution in [2.75, 3.05) is 0 Å². The number of hydrogen-bond acceptors (Lipinski definition) is 4. The number of hydrogen-bond donors (Lipinski definition) is 1. The van der Waals surface area contributed by atoms with Gasteiger partial charge in [-0.3, -0.25) is 0 Å². The van der Waals surface area contributed by atoms with Gasteiger partial charge in [-0.15, -0.1) is 0 Å². The topological polar surface area (TPSA) is 68.3 Å². The summed E-state index contributed by atoms with van der Waals surface area (Å²) in [6, 6.07) is 18.6. The highest BCUT2D eigenvalue weighted by molar-refractivity contribution is 7.89. The van der Waals surface area contributed by atoms with Crippen molar-refractivity contribution in [1.82, 2.24) is 9.71 Å². The summed E-state index contributed by atoms with van der Waals surface area (Å²) in [6.45, 7) is 0.133. The van der Waals surface area contributed by atoms with Gasteiger partial charge in [0.05, 0.1) is 4.90 Å². The highest BCUT2D eigenvalue weighted by atomic mass is 35.5. The summed E-state index contributed by atoms with van der Waals surface area (Å²) in [4.78, 5) is 4.22. The van der Waals surface area contributed by atoms with Crippen LogP contribution in [-0.4, -0.2) is 13.4 Å². The van der Waals surface area contributed by atoms with E-state index in [1.54, 1.807) is 48.7 Å². The number of aromatic nitrogens is 1. The zero-order valence-electron chi connectivity index (χ0n) is 13.1. The van der Waals surface area contributed by atoms with E-state index in [4.69, 9.17) is 16.3 Å². The minimum absolute atomic E-state index is 0.126. The van der Waals surface area contributed by atoms with Gasteiger partial charge in [0.15, 0.2) is 0 Å². The molecular formula is C18H15ClN2O3S. The van der Waals surface area contributed by atoms with Crippen LogP contribution in [0.15, 0.2) is 77.8 Å². The SMILES string of the molecule is O=S(=O)(NCc1cccc(Oc2ccccn2)c1)c1cccc(Cl)c1. The third kappa shape index (κ3) is 4.79. The van der Waals surface area contributed by atoms with E-state index in [0.29, 0.717) is 16.7 Å². The van der Waals surface area contributed by atoms with E-state index >= 15 is 0 Å². The molecular weight excluding hydrogens is 360 g/mol. The molecule has 0 spiro atoms. The highest BCUT2D eigenvalue weighted by Crippen LogP contribution is 2.20. The van der Waals surface area contributed by atoms with Crippen molar-refractivity contribution in [3.8, 4) is 11.6 Å². The molecule has 2 aromatic carbocycles. The molecule has 0 unspecified atom stereocenters. The summed E-state index contributed by atoms with van der Waals surface area (Å²) in [7, 11) is -3.64. The lowest BCUT2D eigenvalue weighted by atomic mass is 10.2. The Balaban J connectivity index is 1.70. The van der Waals surface area contributed by atoms with Crippen molar-refractivity contribution in [3.63, 3.8) is 0 Å². The van der Waals surface area contributed by atoms with Gasteiger partial charge in [0.1, 0.15) is 5.75 Å². The zero-order valence-corrected chi connectivity index (χ0v) is 14.7. The van der Waals surface area contributed by atoms with Crippen LogP contribution in [0.1, 0.15) is 5.56 Å². The molecule has 3 aromatic rings. The van der Waals surface area contributed by atoms with E-state index in [1.807, 2.05) is 12.1 Å². The Bertz CT molecular complexity index is 963. The second-order valence-corrected chi connectivity index (χ2v) is 7.40. The van der Waals surface area contributed by atoms with Crippen LogP contribution in [0.4, 0.5) is 0 Å². The van der Waals surface area contributed by atoms with Gasteiger partial charge in [-0.1, -0.05) is 35.9 Å². The Hall–Kier alpha value is -2.41. The number of ether oxygens (including phenoxy) is 1. The summed E-state index contributed by atoms with van der Waals surface area (Å²) >= 11 is 5.85. The minimum Gasteiger partial charge on any atom is -0.439 e. The maximum Gasteiger partial charge on any atom is 0.240 e. The highest BCUT2D eigenvalue weighted by Gasteiger charge is 2.14. The van der Waals surface area contributed by atoms with Crippen LogP contribution in [0.5, 0.6) is 11.6 Å². The monoisotopic (exact) mass is 374 g/mol. The second kappa shape index (κ2) is 7.65. The predicted molar refractivity (Wildman–Crippen MR) is 96.2 cm³/mol. The van der Waals surface area contributed by atoms with Crippen molar-refractivity contribution in [1.29, 1.82) is 0 Å². The first-order valence-electron chi connectivity index (χ1n) is 7.46. The fraction of sp³-hybridized carbons (Fsp3) is 0.0556. The molecule has 1 heterocycles. The van der Waals surface area contributed by atoms with E-state index in [0.717, 1.165) is 5.56 Å². The molecule has 0 atom stereocenters. The third-order valence-corrected chi connectivity index (χ3v) is 4.97.